The van der Waals surface area contributed by atoms with Crippen LogP contribution in [0.3, 0.4) is 0 Å². The SMILES string of the molecule is C=CCOC(=O)CCc1c(C(=O)OC(C)(C)C)[nH]c(/C=C2\NC(=O)C(C)\C2=C/C)c1C. The number of aromatic nitrogens is 1. The monoisotopic (exact) mass is 428 g/mol. The summed E-state index contributed by atoms with van der Waals surface area (Å²) in [6.07, 6.45) is 5.66. The van der Waals surface area contributed by atoms with Crippen LogP contribution in [0.25, 0.3) is 6.08 Å². The summed E-state index contributed by atoms with van der Waals surface area (Å²) in [5.41, 5.74) is 3.41. The summed E-state index contributed by atoms with van der Waals surface area (Å²) in [6, 6.07) is 0. The van der Waals surface area contributed by atoms with Gasteiger partial charge in [0.25, 0.3) is 0 Å². The minimum absolute atomic E-state index is 0.0684. The van der Waals surface area contributed by atoms with Crippen molar-refractivity contribution in [2.24, 2.45) is 5.92 Å². The van der Waals surface area contributed by atoms with Crippen LogP contribution in [0.15, 0.2) is 30.0 Å². The zero-order valence-corrected chi connectivity index (χ0v) is 19.2. The highest BCUT2D eigenvalue weighted by Crippen LogP contribution is 2.30. The Labute approximate surface area is 183 Å². The maximum absolute atomic E-state index is 12.8. The molecule has 2 heterocycles. The van der Waals surface area contributed by atoms with E-state index < -0.39 is 11.6 Å². The van der Waals surface area contributed by atoms with Crippen LogP contribution in [0.2, 0.25) is 0 Å². The van der Waals surface area contributed by atoms with Gasteiger partial charge in [-0.15, -0.1) is 0 Å². The molecular formula is C24H32N2O5. The molecular weight excluding hydrogens is 396 g/mol. The van der Waals surface area contributed by atoms with Gasteiger partial charge >= 0.3 is 11.9 Å². The quantitative estimate of drug-likeness (QED) is 0.505. The van der Waals surface area contributed by atoms with Crippen LogP contribution in [-0.4, -0.2) is 35.0 Å². The molecule has 2 rings (SSSR count). The molecule has 1 unspecified atom stereocenters. The van der Waals surface area contributed by atoms with Gasteiger partial charge in [-0.3, -0.25) is 9.59 Å². The Balaban J connectivity index is 2.43. The summed E-state index contributed by atoms with van der Waals surface area (Å²) < 4.78 is 10.6. The second-order valence-electron chi connectivity index (χ2n) is 8.50. The number of ether oxygens (including phenoxy) is 2. The van der Waals surface area contributed by atoms with Crippen molar-refractivity contribution in [1.29, 1.82) is 0 Å². The van der Waals surface area contributed by atoms with Crippen LogP contribution in [0.4, 0.5) is 0 Å². The molecule has 1 aromatic rings. The molecule has 1 aromatic heterocycles. The maximum atomic E-state index is 12.8. The van der Waals surface area contributed by atoms with Gasteiger partial charge in [0, 0.05) is 17.8 Å². The first-order valence-electron chi connectivity index (χ1n) is 10.4. The van der Waals surface area contributed by atoms with Gasteiger partial charge in [-0.25, -0.2) is 4.79 Å². The molecule has 0 spiro atoms. The third-order valence-corrected chi connectivity index (χ3v) is 4.99. The van der Waals surface area contributed by atoms with Crippen molar-refractivity contribution >= 4 is 23.9 Å². The summed E-state index contributed by atoms with van der Waals surface area (Å²) in [5.74, 6) is -1.18. The average Bonchev–Trinajstić information content (AvgIpc) is 3.13. The first-order valence-corrected chi connectivity index (χ1v) is 10.4. The number of hydrogen-bond donors (Lipinski definition) is 2. The molecule has 0 aliphatic carbocycles. The first kappa shape index (κ1) is 24.2. The molecule has 31 heavy (non-hydrogen) atoms. The Hall–Kier alpha value is -3.09. The van der Waals surface area contributed by atoms with Crippen LogP contribution < -0.4 is 5.32 Å². The Bertz CT molecular complexity index is 944. The highest BCUT2D eigenvalue weighted by molar-refractivity contribution is 5.93. The molecule has 1 aliphatic rings. The number of hydrogen-bond acceptors (Lipinski definition) is 5. The Kier molecular flexibility index (Phi) is 7.65. The Morgan fingerprint density at radius 1 is 1.26 bits per heavy atom. The van der Waals surface area contributed by atoms with Crippen molar-refractivity contribution in [3.8, 4) is 0 Å². The van der Waals surface area contributed by atoms with Gasteiger partial charge in [-0.05, 0) is 70.7 Å². The minimum Gasteiger partial charge on any atom is -0.461 e. The molecule has 1 fully saturated rings. The molecule has 168 valence electrons. The number of amides is 1. The fraction of sp³-hybridized carbons (Fsp3) is 0.458. The molecule has 2 N–H and O–H groups in total. The van der Waals surface area contributed by atoms with Gasteiger partial charge in [-0.2, -0.15) is 0 Å². The lowest BCUT2D eigenvalue weighted by molar-refractivity contribution is -0.142. The third-order valence-electron chi connectivity index (χ3n) is 4.99. The van der Waals surface area contributed by atoms with Crippen molar-refractivity contribution in [3.05, 3.63) is 52.5 Å². The second-order valence-corrected chi connectivity index (χ2v) is 8.50. The predicted molar refractivity (Wildman–Crippen MR) is 119 cm³/mol. The first-order chi connectivity index (χ1) is 14.5. The van der Waals surface area contributed by atoms with Crippen molar-refractivity contribution in [3.63, 3.8) is 0 Å². The fourth-order valence-electron chi connectivity index (χ4n) is 3.42. The minimum atomic E-state index is -0.665. The maximum Gasteiger partial charge on any atom is 0.355 e. The van der Waals surface area contributed by atoms with Crippen LogP contribution in [0, 0.1) is 12.8 Å². The molecule has 1 aliphatic heterocycles. The molecule has 1 saturated heterocycles. The summed E-state index contributed by atoms with van der Waals surface area (Å²) in [4.78, 5) is 40.1. The molecule has 7 nitrogen and oxygen atoms in total. The normalized spacial score (nSPS) is 18.9. The van der Waals surface area contributed by atoms with Gasteiger partial charge in [0.2, 0.25) is 5.91 Å². The lowest BCUT2D eigenvalue weighted by Crippen LogP contribution is -2.24. The highest BCUT2D eigenvalue weighted by atomic mass is 16.6. The van der Waals surface area contributed by atoms with E-state index in [1.165, 1.54) is 6.08 Å². The van der Waals surface area contributed by atoms with E-state index in [2.05, 4.69) is 16.9 Å². The Morgan fingerprint density at radius 3 is 2.52 bits per heavy atom. The molecule has 0 bridgehead atoms. The predicted octanol–water partition coefficient (Wildman–Crippen LogP) is 3.99. The van der Waals surface area contributed by atoms with Crippen LogP contribution in [-0.2, 0) is 25.5 Å². The van der Waals surface area contributed by atoms with Crippen LogP contribution in [0.5, 0.6) is 0 Å². The van der Waals surface area contributed by atoms with E-state index >= 15 is 0 Å². The van der Waals surface area contributed by atoms with E-state index in [-0.39, 0.29) is 30.8 Å². The number of rotatable bonds is 7. The lowest BCUT2D eigenvalue weighted by Gasteiger charge is -2.19. The fourth-order valence-corrected chi connectivity index (χ4v) is 3.42. The number of H-pyrrole nitrogens is 1. The van der Waals surface area contributed by atoms with E-state index in [0.29, 0.717) is 29.1 Å². The number of esters is 2. The smallest absolute Gasteiger partial charge is 0.355 e. The van der Waals surface area contributed by atoms with Gasteiger partial charge in [0.1, 0.15) is 17.9 Å². The summed E-state index contributed by atoms with van der Waals surface area (Å²) in [6.45, 7) is 14.7. The van der Waals surface area contributed by atoms with Crippen LogP contribution in [0.1, 0.15) is 68.3 Å². The van der Waals surface area contributed by atoms with Crippen LogP contribution >= 0.6 is 0 Å². The summed E-state index contributed by atoms with van der Waals surface area (Å²) in [7, 11) is 0. The van der Waals surface area contributed by atoms with E-state index in [1.54, 1.807) is 20.8 Å². The van der Waals surface area contributed by atoms with Crippen molar-refractivity contribution in [2.45, 2.75) is 60.0 Å². The van der Waals surface area contributed by atoms with Gasteiger partial charge in [0.15, 0.2) is 0 Å². The standard InChI is InChI=1S/C24H32N2O5/c1-8-12-30-20(27)11-10-17-14(3)18(25-21(17)23(29)31-24(5,6)7)13-19-16(9-2)15(4)22(28)26-19/h8-9,13,15,25H,1,10-12H2,2-7H3,(H,26,28)/b16-9+,19-13-. The summed E-state index contributed by atoms with van der Waals surface area (Å²) >= 11 is 0. The van der Waals surface area contributed by atoms with Gasteiger partial charge in [0.05, 0.1) is 5.92 Å². The summed E-state index contributed by atoms with van der Waals surface area (Å²) in [5, 5.41) is 2.88. The zero-order valence-electron chi connectivity index (χ0n) is 19.2. The number of carbonyl (C=O) groups is 3. The van der Waals surface area contributed by atoms with Crippen molar-refractivity contribution in [1.82, 2.24) is 10.3 Å². The van der Waals surface area contributed by atoms with E-state index in [0.717, 1.165) is 11.1 Å². The Morgan fingerprint density at radius 2 is 1.94 bits per heavy atom. The topological polar surface area (TPSA) is 97.5 Å². The largest absolute Gasteiger partial charge is 0.461 e. The van der Waals surface area contributed by atoms with Gasteiger partial charge < -0.3 is 19.8 Å². The number of carbonyl (C=O) groups excluding carboxylic acids is 3. The molecule has 0 aromatic carbocycles. The van der Waals surface area contributed by atoms with Crippen molar-refractivity contribution in [2.75, 3.05) is 6.61 Å². The number of aromatic amines is 1. The van der Waals surface area contributed by atoms with Crippen molar-refractivity contribution < 1.29 is 23.9 Å². The lowest BCUT2D eigenvalue weighted by atomic mass is 10.0. The number of nitrogens with one attached hydrogen (secondary N) is 2. The number of allylic oxidation sites excluding steroid dienone is 2. The zero-order chi connectivity index (χ0) is 23.3. The molecule has 0 saturated carbocycles. The molecule has 7 heteroatoms. The van der Waals surface area contributed by atoms with E-state index in [9.17, 15) is 14.4 Å². The van der Waals surface area contributed by atoms with E-state index in [1.807, 2.05) is 32.9 Å². The third kappa shape index (κ3) is 5.96. The average molecular weight is 429 g/mol. The molecule has 1 amide bonds. The van der Waals surface area contributed by atoms with E-state index in [4.69, 9.17) is 9.47 Å². The second kappa shape index (κ2) is 9.81. The molecule has 0 radical (unpaired) electrons. The highest BCUT2D eigenvalue weighted by Gasteiger charge is 2.30. The van der Waals surface area contributed by atoms with Gasteiger partial charge in [-0.1, -0.05) is 18.7 Å². The molecule has 1 atom stereocenters.